The van der Waals surface area contributed by atoms with Crippen LogP contribution in [0.5, 0.6) is 0 Å². The summed E-state index contributed by atoms with van der Waals surface area (Å²) < 4.78 is 2.30. The van der Waals surface area contributed by atoms with Crippen LogP contribution in [-0.2, 0) is 0 Å². The smallest absolute Gasteiger partial charge is 0.140 e. The molecule has 3 aliphatic rings. The molecule has 3 fully saturated rings. The Kier molecular flexibility index (Phi) is 2.33. The number of thiol groups is 1. The van der Waals surface area contributed by atoms with E-state index in [0.717, 1.165) is 18.6 Å². The summed E-state index contributed by atoms with van der Waals surface area (Å²) in [6.07, 6.45) is 3.92. The van der Waals surface area contributed by atoms with E-state index < -0.39 is 0 Å². The van der Waals surface area contributed by atoms with Crippen molar-refractivity contribution in [2.24, 2.45) is 0 Å². The molecule has 0 aromatic carbocycles. The maximum atomic E-state index is 4.73. The number of rotatable bonds is 2. The Morgan fingerprint density at radius 1 is 1.07 bits per heavy atom. The van der Waals surface area contributed by atoms with Gasteiger partial charge in [-0.15, -0.1) is 0 Å². The molecule has 0 saturated carbocycles. The lowest BCUT2D eigenvalue weighted by Crippen LogP contribution is -2.59. The second-order valence-corrected chi connectivity index (χ2v) is 5.84. The summed E-state index contributed by atoms with van der Waals surface area (Å²) in [5.74, 6) is 0.167. The molecule has 86 valence electrons. The monoisotopic (exact) mass is 227 g/mol. The average Bonchev–Trinajstić information content (AvgIpc) is 3.08. The van der Waals surface area contributed by atoms with Crippen LogP contribution in [0.1, 0.15) is 33.1 Å². The molecule has 3 aliphatic heterocycles. The quantitative estimate of drug-likeness (QED) is 0.564. The van der Waals surface area contributed by atoms with Crippen LogP contribution in [-0.4, -0.2) is 51.6 Å². The van der Waals surface area contributed by atoms with E-state index in [1.54, 1.807) is 0 Å². The van der Waals surface area contributed by atoms with Crippen LogP contribution >= 0.6 is 12.8 Å². The van der Waals surface area contributed by atoms with Gasteiger partial charge in [-0.1, -0.05) is 12.8 Å². The lowest BCUT2D eigenvalue weighted by Gasteiger charge is -2.47. The molecule has 3 heterocycles. The van der Waals surface area contributed by atoms with Crippen LogP contribution in [0.15, 0.2) is 0 Å². The summed E-state index contributed by atoms with van der Waals surface area (Å²) in [4.78, 5) is 5.23. The van der Waals surface area contributed by atoms with E-state index in [1.165, 1.54) is 32.4 Å². The van der Waals surface area contributed by atoms with Crippen LogP contribution in [0.25, 0.3) is 0 Å². The minimum absolute atomic E-state index is 0.167. The first-order valence-electron chi connectivity index (χ1n) is 6.16. The van der Waals surface area contributed by atoms with Crippen LogP contribution < -0.4 is 0 Å². The molecule has 0 spiro atoms. The highest BCUT2D eigenvalue weighted by Gasteiger charge is 2.60. The molecule has 3 saturated heterocycles. The molecule has 4 unspecified atom stereocenters. The Bertz CT molecular complexity index is 249. The van der Waals surface area contributed by atoms with E-state index in [4.69, 9.17) is 12.8 Å². The zero-order valence-corrected chi connectivity index (χ0v) is 10.6. The van der Waals surface area contributed by atoms with Crippen molar-refractivity contribution in [3.63, 3.8) is 0 Å². The minimum atomic E-state index is 0.167. The van der Waals surface area contributed by atoms with Gasteiger partial charge in [0, 0.05) is 31.7 Å². The summed E-state index contributed by atoms with van der Waals surface area (Å²) in [5.41, 5.74) is 0. The Morgan fingerprint density at radius 2 is 1.60 bits per heavy atom. The highest BCUT2D eigenvalue weighted by Crippen LogP contribution is 2.47. The lowest BCUT2D eigenvalue weighted by molar-refractivity contribution is -0.0532. The van der Waals surface area contributed by atoms with Crippen LogP contribution in [0.2, 0.25) is 0 Å². The first kappa shape index (κ1) is 10.4. The van der Waals surface area contributed by atoms with E-state index in [1.807, 2.05) is 0 Å². The van der Waals surface area contributed by atoms with Crippen molar-refractivity contribution in [2.75, 3.05) is 19.6 Å². The van der Waals surface area contributed by atoms with Gasteiger partial charge < -0.3 is 0 Å². The normalized spacial score (nSPS) is 55.4. The van der Waals surface area contributed by atoms with E-state index in [-0.39, 0.29) is 5.79 Å². The molecule has 0 N–H and O–H groups in total. The third kappa shape index (κ3) is 1.46. The van der Waals surface area contributed by atoms with Gasteiger partial charge in [-0.2, -0.15) is 0 Å². The van der Waals surface area contributed by atoms with Gasteiger partial charge in [0.25, 0.3) is 0 Å². The zero-order chi connectivity index (χ0) is 10.6. The molecule has 15 heavy (non-hydrogen) atoms. The predicted molar refractivity (Wildman–Crippen MR) is 64.6 cm³/mol. The van der Waals surface area contributed by atoms with Gasteiger partial charge in [-0.3, -0.25) is 9.80 Å². The van der Waals surface area contributed by atoms with Gasteiger partial charge in [-0.05, 0) is 33.1 Å². The summed E-state index contributed by atoms with van der Waals surface area (Å²) in [6, 6.07) is 1.51. The topological polar surface area (TPSA) is 9.26 Å². The largest absolute Gasteiger partial charge is 0.267 e. The highest BCUT2D eigenvalue weighted by molar-refractivity contribution is 7.77. The number of hydrogen-bond acceptors (Lipinski definition) is 4. The summed E-state index contributed by atoms with van der Waals surface area (Å²) >= 11 is 4.73. The lowest BCUT2D eigenvalue weighted by atomic mass is 10.0. The fraction of sp³-hybridized carbons (Fsp3) is 1.00. The molecule has 3 nitrogen and oxygen atoms in total. The van der Waals surface area contributed by atoms with Crippen molar-refractivity contribution in [1.29, 1.82) is 0 Å². The van der Waals surface area contributed by atoms with Gasteiger partial charge in [-0.25, -0.2) is 4.31 Å². The van der Waals surface area contributed by atoms with Crippen molar-refractivity contribution in [2.45, 2.75) is 51.0 Å². The van der Waals surface area contributed by atoms with Crippen molar-refractivity contribution >= 4 is 12.8 Å². The molecule has 0 aromatic rings. The Hall–Kier alpha value is 0.230. The van der Waals surface area contributed by atoms with Gasteiger partial charge in [0.15, 0.2) is 0 Å². The predicted octanol–water partition coefficient (Wildman–Crippen LogP) is 1.38. The average molecular weight is 227 g/mol. The van der Waals surface area contributed by atoms with Gasteiger partial charge in [0.1, 0.15) is 5.79 Å². The molecule has 0 aliphatic carbocycles. The first-order valence-corrected chi connectivity index (χ1v) is 6.56. The molecule has 0 aromatic heterocycles. The molecule has 0 bridgehead atoms. The fourth-order valence-electron chi connectivity index (χ4n) is 3.15. The molecule has 0 amide bonds. The standard InChI is InChI=1S/C11H21N3S/c1-9-7-12(9)11(13-8-10(13)2)5-3-4-6-14(11)15/h9-10,15H,3-8H2,1-2H3. The SMILES string of the molecule is CC1CN1C1(N2CC2C)CCCCN1S. The Balaban J connectivity index is 1.86. The van der Waals surface area contributed by atoms with Crippen LogP contribution in [0, 0.1) is 0 Å². The molecule has 0 radical (unpaired) electrons. The Labute approximate surface area is 97.9 Å². The zero-order valence-electron chi connectivity index (χ0n) is 9.69. The highest BCUT2D eigenvalue weighted by atomic mass is 32.1. The molecule has 3 rings (SSSR count). The molecular formula is C11H21N3S. The van der Waals surface area contributed by atoms with Crippen LogP contribution in [0.4, 0.5) is 0 Å². The second-order valence-electron chi connectivity index (χ2n) is 5.36. The summed E-state index contributed by atoms with van der Waals surface area (Å²) in [6.45, 7) is 8.29. The van der Waals surface area contributed by atoms with Crippen molar-refractivity contribution in [3.05, 3.63) is 0 Å². The minimum Gasteiger partial charge on any atom is -0.267 e. The molecule has 4 atom stereocenters. The number of hydrogen-bond donors (Lipinski definition) is 1. The summed E-state index contributed by atoms with van der Waals surface area (Å²) in [5, 5.41) is 0. The number of piperidine rings is 1. The first-order chi connectivity index (χ1) is 7.16. The van der Waals surface area contributed by atoms with Gasteiger partial charge in [0.2, 0.25) is 0 Å². The maximum Gasteiger partial charge on any atom is 0.140 e. The van der Waals surface area contributed by atoms with Crippen LogP contribution in [0.3, 0.4) is 0 Å². The molecule has 4 heteroatoms. The van der Waals surface area contributed by atoms with E-state index in [2.05, 4.69) is 28.0 Å². The van der Waals surface area contributed by atoms with Crippen molar-refractivity contribution < 1.29 is 0 Å². The van der Waals surface area contributed by atoms with Crippen molar-refractivity contribution in [1.82, 2.24) is 14.1 Å². The second kappa shape index (κ2) is 3.36. The molecular weight excluding hydrogens is 206 g/mol. The van der Waals surface area contributed by atoms with E-state index >= 15 is 0 Å². The third-order valence-electron chi connectivity index (χ3n) is 4.18. The van der Waals surface area contributed by atoms with Gasteiger partial charge >= 0.3 is 0 Å². The van der Waals surface area contributed by atoms with E-state index in [0.29, 0.717) is 0 Å². The Morgan fingerprint density at radius 3 is 2.00 bits per heavy atom. The fourth-order valence-corrected chi connectivity index (χ4v) is 3.63. The maximum absolute atomic E-state index is 4.73. The summed E-state index contributed by atoms with van der Waals surface area (Å²) in [7, 11) is 0. The van der Waals surface area contributed by atoms with E-state index in [9.17, 15) is 0 Å². The van der Waals surface area contributed by atoms with Gasteiger partial charge in [0.05, 0.1) is 0 Å². The van der Waals surface area contributed by atoms with Crippen molar-refractivity contribution in [3.8, 4) is 0 Å². The third-order valence-corrected chi connectivity index (χ3v) is 4.70. The number of nitrogens with zero attached hydrogens (tertiary/aromatic N) is 3.